The third-order valence-electron chi connectivity index (χ3n) is 3.26. The highest BCUT2D eigenvalue weighted by Crippen LogP contribution is 2.19. The second kappa shape index (κ2) is 7.45. The van der Waals surface area contributed by atoms with Crippen LogP contribution in [0.15, 0.2) is 51.9 Å². The molecule has 24 heavy (non-hydrogen) atoms. The van der Waals surface area contributed by atoms with E-state index in [1.807, 2.05) is 31.2 Å². The van der Waals surface area contributed by atoms with Crippen molar-refractivity contribution in [3.63, 3.8) is 0 Å². The second-order valence-corrected chi connectivity index (χ2v) is 5.21. The Hall–Kier alpha value is -3.09. The smallest absolute Gasteiger partial charge is 0.274 e. The zero-order valence-corrected chi connectivity index (χ0v) is 13.3. The van der Waals surface area contributed by atoms with Gasteiger partial charge in [0.25, 0.3) is 5.56 Å². The molecular weight excluding hydrogens is 308 g/mol. The monoisotopic (exact) mass is 326 g/mol. The summed E-state index contributed by atoms with van der Waals surface area (Å²) < 4.78 is 10.8. The van der Waals surface area contributed by atoms with Gasteiger partial charge in [0.1, 0.15) is 17.2 Å². The number of H-pyrrole nitrogens is 1. The fraction of sp³-hybridized carbons (Fsp3) is 0.235. The molecule has 0 aliphatic heterocycles. The zero-order valence-electron chi connectivity index (χ0n) is 13.3. The minimum absolute atomic E-state index is 0.274. The number of ether oxygens (including phenoxy) is 1. The Kier molecular flexibility index (Phi) is 4.90. The lowest BCUT2D eigenvalue weighted by atomic mass is 10.2. The molecule has 0 atom stereocenters. The Morgan fingerprint density at radius 3 is 2.92 bits per heavy atom. The summed E-state index contributed by atoms with van der Waals surface area (Å²) in [5.41, 5.74) is 0.755. The summed E-state index contributed by atoms with van der Waals surface area (Å²) in [5, 5.41) is 11.0. The molecule has 3 aromatic rings. The van der Waals surface area contributed by atoms with Crippen molar-refractivity contribution in [2.24, 2.45) is 0 Å². The van der Waals surface area contributed by atoms with Crippen molar-refractivity contribution >= 4 is 11.6 Å². The summed E-state index contributed by atoms with van der Waals surface area (Å²) in [5.74, 6) is 1.69. The Bertz CT molecular complexity index is 843. The number of nitrogens with zero attached hydrogens (tertiary/aromatic N) is 2. The van der Waals surface area contributed by atoms with Crippen molar-refractivity contribution in [2.75, 3.05) is 11.9 Å². The van der Waals surface area contributed by atoms with Crippen LogP contribution in [0.4, 0.5) is 11.6 Å². The van der Waals surface area contributed by atoms with Crippen LogP contribution in [0, 0.1) is 0 Å². The van der Waals surface area contributed by atoms with Gasteiger partial charge in [-0.15, -0.1) is 10.2 Å². The van der Waals surface area contributed by atoms with E-state index in [2.05, 4.69) is 20.5 Å². The molecule has 0 saturated carbocycles. The first-order valence-corrected chi connectivity index (χ1v) is 7.72. The first kappa shape index (κ1) is 15.8. The van der Waals surface area contributed by atoms with Crippen LogP contribution in [-0.4, -0.2) is 21.8 Å². The Labute approximate surface area is 138 Å². The van der Waals surface area contributed by atoms with Crippen LogP contribution in [0.5, 0.6) is 5.75 Å². The summed E-state index contributed by atoms with van der Waals surface area (Å²) in [7, 11) is 0. The molecule has 0 spiro atoms. The lowest BCUT2D eigenvalue weighted by molar-refractivity contribution is 0.317. The van der Waals surface area contributed by atoms with Crippen molar-refractivity contribution in [1.82, 2.24) is 15.2 Å². The number of anilines is 2. The lowest BCUT2D eigenvalue weighted by Crippen LogP contribution is -2.18. The molecule has 0 amide bonds. The first-order valence-electron chi connectivity index (χ1n) is 7.72. The highest BCUT2D eigenvalue weighted by atomic mass is 16.5. The van der Waals surface area contributed by atoms with Gasteiger partial charge in [-0.2, -0.15) is 0 Å². The molecule has 0 unspecified atom stereocenters. The Morgan fingerprint density at radius 2 is 2.17 bits per heavy atom. The maximum absolute atomic E-state index is 12.1. The van der Waals surface area contributed by atoms with Gasteiger partial charge in [-0.05, 0) is 30.7 Å². The maximum Gasteiger partial charge on any atom is 0.274 e. The number of rotatable bonds is 7. The molecule has 7 nitrogen and oxygen atoms in total. The predicted molar refractivity (Wildman–Crippen MR) is 89.7 cm³/mol. The van der Waals surface area contributed by atoms with Crippen LogP contribution in [0.2, 0.25) is 0 Å². The minimum Gasteiger partial charge on any atom is -0.494 e. The van der Waals surface area contributed by atoms with Crippen LogP contribution in [-0.2, 0) is 6.42 Å². The van der Waals surface area contributed by atoms with E-state index in [4.69, 9.17) is 9.15 Å². The molecule has 124 valence electrons. The van der Waals surface area contributed by atoms with Gasteiger partial charge in [-0.3, -0.25) is 9.78 Å². The number of hydrogen-bond acceptors (Lipinski definition) is 6. The molecule has 2 N–H and O–H groups in total. The fourth-order valence-electron chi connectivity index (χ4n) is 2.13. The number of aromatic amines is 1. The molecule has 2 heterocycles. The van der Waals surface area contributed by atoms with E-state index in [0.29, 0.717) is 24.5 Å². The van der Waals surface area contributed by atoms with Gasteiger partial charge in [0.05, 0.1) is 19.3 Å². The van der Waals surface area contributed by atoms with E-state index < -0.39 is 0 Å². The van der Waals surface area contributed by atoms with Gasteiger partial charge in [0.2, 0.25) is 5.95 Å². The van der Waals surface area contributed by atoms with E-state index in [-0.39, 0.29) is 11.5 Å². The number of benzene rings is 1. The van der Waals surface area contributed by atoms with Crippen LogP contribution in [0.1, 0.15) is 24.8 Å². The van der Waals surface area contributed by atoms with Crippen LogP contribution in [0.25, 0.3) is 0 Å². The summed E-state index contributed by atoms with van der Waals surface area (Å²) in [6.45, 7) is 2.70. The van der Waals surface area contributed by atoms with Gasteiger partial charge >= 0.3 is 0 Å². The molecule has 0 bridgehead atoms. The number of furan rings is 1. The predicted octanol–water partition coefficient (Wildman–Crippen LogP) is 2.88. The Balaban J connectivity index is 1.71. The molecule has 3 rings (SSSR count). The van der Waals surface area contributed by atoms with Crippen molar-refractivity contribution in [3.8, 4) is 5.75 Å². The lowest BCUT2D eigenvalue weighted by Gasteiger charge is -2.08. The van der Waals surface area contributed by atoms with E-state index in [1.54, 1.807) is 18.4 Å². The highest BCUT2D eigenvalue weighted by Gasteiger charge is 2.08. The molecule has 1 aromatic carbocycles. The number of hydrogen-bond donors (Lipinski definition) is 2. The standard InChI is InChI=1S/C17H18N4O3/c1-2-8-23-13-6-3-5-12(10-13)18-17-19-16(22)15(20-21-17)11-14-7-4-9-24-14/h3-7,9-10H,2,8,11H2,1H3,(H2,18,19,21,22). The third kappa shape index (κ3) is 4.01. The van der Waals surface area contributed by atoms with Crippen molar-refractivity contribution in [1.29, 1.82) is 0 Å². The van der Waals surface area contributed by atoms with E-state index in [1.165, 1.54) is 0 Å². The summed E-state index contributed by atoms with van der Waals surface area (Å²) in [4.78, 5) is 14.8. The SMILES string of the molecule is CCCOc1cccc(Nc2nnc(Cc3ccco3)c(=O)[nH]2)c1. The molecule has 0 aliphatic rings. The van der Waals surface area contributed by atoms with Gasteiger partial charge in [0, 0.05) is 11.8 Å². The van der Waals surface area contributed by atoms with Gasteiger partial charge in [-0.25, -0.2) is 0 Å². The largest absolute Gasteiger partial charge is 0.494 e. The topological polar surface area (TPSA) is 93.0 Å². The van der Waals surface area contributed by atoms with Crippen LogP contribution in [0.3, 0.4) is 0 Å². The van der Waals surface area contributed by atoms with Crippen molar-refractivity contribution in [3.05, 3.63) is 64.5 Å². The highest BCUT2D eigenvalue weighted by molar-refractivity contribution is 5.55. The molecule has 0 aliphatic carbocycles. The summed E-state index contributed by atoms with van der Waals surface area (Å²) in [6, 6.07) is 11.0. The Morgan fingerprint density at radius 1 is 1.25 bits per heavy atom. The number of aromatic nitrogens is 3. The normalized spacial score (nSPS) is 10.5. The van der Waals surface area contributed by atoms with Gasteiger partial charge < -0.3 is 14.5 Å². The molecule has 7 heteroatoms. The quantitative estimate of drug-likeness (QED) is 0.693. The molecular formula is C17H18N4O3. The van der Waals surface area contributed by atoms with Gasteiger partial charge in [0.15, 0.2) is 0 Å². The van der Waals surface area contributed by atoms with Crippen LogP contribution >= 0.6 is 0 Å². The van der Waals surface area contributed by atoms with E-state index >= 15 is 0 Å². The van der Waals surface area contributed by atoms with Crippen LogP contribution < -0.4 is 15.6 Å². The first-order chi connectivity index (χ1) is 11.7. The van der Waals surface area contributed by atoms with Gasteiger partial charge in [-0.1, -0.05) is 13.0 Å². The van der Waals surface area contributed by atoms with E-state index in [0.717, 1.165) is 17.9 Å². The van der Waals surface area contributed by atoms with Crippen molar-refractivity contribution in [2.45, 2.75) is 19.8 Å². The summed E-state index contributed by atoms with van der Waals surface area (Å²) in [6.07, 6.45) is 2.80. The summed E-state index contributed by atoms with van der Waals surface area (Å²) >= 11 is 0. The number of nitrogens with one attached hydrogen (secondary N) is 2. The molecule has 0 saturated heterocycles. The maximum atomic E-state index is 12.1. The molecule has 0 fully saturated rings. The minimum atomic E-state index is -0.303. The van der Waals surface area contributed by atoms with E-state index in [9.17, 15) is 4.79 Å². The average molecular weight is 326 g/mol. The van der Waals surface area contributed by atoms with Crippen molar-refractivity contribution < 1.29 is 9.15 Å². The third-order valence-corrected chi connectivity index (χ3v) is 3.26. The second-order valence-electron chi connectivity index (χ2n) is 5.21. The zero-order chi connectivity index (χ0) is 16.8. The molecule has 2 aromatic heterocycles. The average Bonchev–Trinajstić information content (AvgIpc) is 3.09. The fourth-order valence-corrected chi connectivity index (χ4v) is 2.13. The molecule has 0 radical (unpaired) electrons.